The molecule has 0 fully saturated rings. The van der Waals surface area contributed by atoms with Gasteiger partial charge < -0.3 is 4.74 Å². The van der Waals surface area contributed by atoms with Crippen LogP contribution in [-0.2, 0) is 4.74 Å². The Bertz CT molecular complexity index is 93.6. The largest absolute Gasteiger partial charge is 0.375 e. The van der Waals surface area contributed by atoms with Crippen molar-refractivity contribution in [3.63, 3.8) is 0 Å². The van der Waals surface area contributed by atoms with E-state index in [1.165, 1.54) is 0 Å². The van der Waals surface area contributed by atoms with Crippen LogP contribution in [0.3, 0.4) is 0 Å². The lowest BCUT2D eigenvalue weighted by Crippen LogP contribution is -2.32. The van der Waals surface area contributed by atoms with E-state index < -0.39 is 19.0 Å². The van der Waals surface area contributed by atoms with Crippen LogP contribution in [-0.4, -0.2) is 25.6 Å². The molecule has 10 heavy (non-hydrogen) atoms. The van der Waals surface area contributed by atoms with E-state index in [1.54, 1.807) is 0 Å². The summed E-state index contributed by atoms with van der Waals surface area (Å²) >= 11 is 0. The average Bonchev–Trinajstić information content (AvgIpc) is 1.84. The Hall–Kier alpha value is -0.320. The first-order valence-corrected chi connectivity index (χ1v) is 2.53. The lowest BCUT2D eigenvalue weighted by Gasteiger charge is -2.13. The summed E-state index contributed by atoms with van der Waals surface area (Å²) in [6.07, 6.45) is -3.67. The van der Waals surface area contributed by atoms with Gasteiger partial charge in [0.05, 0.1) is 0 Å². The number of halogens is 4. The standard InChI is InChI=1S/C5H7F4O/c1-2-10-3-5(8,9)4(6)7/h4H,1-3H2. The predicted molar refractivity (Wildman–Crippen MR) is 27.1 cm³/mol. The maximum Gasteiger partial charge on any atom is 0.330 e. The van der Waals surface area contributed by atoms with E-state index in [2.05, 4.69) is 11.7 Å². The van der Waals surface area contributed by atoms with Crippen LogP contribution >= 0.6 is 0 Å². The first-order valence-electron chi connectivity index (χ1n) is 2.53. The van der Waals surface area contributed by atoms with E-state index in [-0.39, 0.29) is 6.61 Å². The second-order valence-electron chi connectivity index (χ2n) is 1.61. The van der Waals surface area contributed by atoms with Crippen molar-refractivity contribution in [1.82, 2.24) is 0 Å². The van der Waals surface area contributed by atoms with Crippen LogP contribution in [0.15, 0.2) is 0 Å². The molecule has 0 bridgehead atoms. The number of ether oxygens (including phenoxy) is 1. The van der Waals surface area contributed by atoms with Crippen LogP contribution in [0.5, 0.6) is 0 Å². The highest BCUT2D eigenvalue weighted by Crippen LogP contribution is 2.22. The van der Waals surface area contributed by atoms with Gasteiger partial charge >= 0.3 is 12.3 Å². The molecule has 0 unspecified atom stereocenters. The summed E-state index contributed by atoms with van der Waals surface area (Å²) in [6.45, 7) is 1.54. The van der Waals surface area contributed by atoms with Crippen LogP contribution in [0.25, 0.3) is 0 Å². The molecule has 5 heteroatoms. The second kappa shape index (κ2) is 3.75. The molecule has 0 aliphatic rings. The van der Waals surface area contributed by atoms with Crippen molar-refractivity contribution in [3.05, 3.63) is 6.92 Å². The van der Waals surface area contributed by atoms with Gasteiger partial charge in [-0.3, -0.25) is 0 Å². The van der Waals surface area contributed by atoms with Gasteiger partial charge in [-0.2, -0.15) is 8.78 Å². The van der Waals surface area contributed by atoms with Crippen molar-refractivity contribution >= 4 is 0 Å². The highest BCUT2D eigenvalue weighted by molar-refractivity contribution is 4.67. The zero-order valence-corrected chi connectivity index (χ0v) is 5.12. The zero-order valence-electron chi connectivity index (χ0n) is 5.12. The molecule has 0 rings (SSSR count). The molecular formula is C5H7F4O. The van der Waals surface area contributed by atoms with Gasteiger partial charge in [-0.25, -0.2) is 8.78 Å². The van der Waals surface area contributed by atoms with Gasteiger partial charge in [0.25, 0.3) is 0 Å². The van der Waals surface area contributed by atoms with Gasteiger partial charge in [0.2, 0.25) is 0 Å². The molecule has 0 heterocycles. The molecule has 0 aliphatic heterocycles. The third kappa shape index (κ3) is 3.00. The fraction of sp³-hybridized carbons (Fsp3) is 0.800. The lowest BCUT2D eigenvalue weighted by atomic mass is 10.4. The summed E-state index contributed by atoms with van der Waals surface area (Å²) in [5.74, 6) is -4.04. The normalized spacial score (nSPS) is 12.6. The highest BCUT2D eigenvalue weighted by atomic mass is 19.3. The molecule has 1 radical (unpaired) electrons. The van der Waals surface area contributed by atoms with Gasteiger partial charge in [0, 0.05) is 6.61 Å². The van der Waals surface area contributed by atoms with Crippen LogP contribution in [0.4, 0.5) is 17.6 Å². The molecule has 0 amide bonds. The Labute approximate surface area is 56.0 Å². The van der Waals surface area contributed by atoms with Crippen molar-refractivity contribution in [2.24, 2.45) is 0 Å². The Morgan fingerprint density at radius 2 is 1.90 bits per heavy atom. The molecule has 0 aliphatic carbocycles. The van der Waals surface area contributed by atoms with Crippen LogP contribution in [0.1, 0.15) is 0 Å². The maximum atomic E-state index is 11.8. The highest BCUT2D eigenvalue weighted by Gasteiger charge is 2.40. The minimum Gasteiger partial charge on any atom is -0.375 e. The predicted octanol–water partition coefficient (Wildman–Crippen LogP) is 1.74. The van der Waals surface area contributed by atoms with Crippen molar-refractivity contribution in [3.8, 4) is 0 Å². The van der Waals surface area contributed by atoms with Gasteiger partial charge in [0.1, 0.15) is 6.61 Å². The molecule has 0 atom stereocenters. The molecule has 0 saturated carbocycles. The first-order chi connectivity index (χ1) is 4.50. The minimum absolute atomic E-state index is 0.234. The first kappa shape index (κ1) is 9.68. The zero-order chi connectivity index (χ0) is 8.20. The molecule has 0 saturated heterocycles. The monoisotopic (exact) mass is 159 g/mol. The second-order valence-corrected chi connectivity index (χ2v) is 1.61. The SMILES string of the molecule is [CH2]COCC(F)(F)C(F)F. The van der Waals surface area contributed by atoms with Crippen molar-refractivity contribution in [1.29, 1.82) is 0 Å². The number of hydrogen-bond donors (Lipinski definition) is 0. The van der Waals surface area contributed by atoms with Crippen molar-refractivity contribution < 1.29 is 22.3 Å². The Morgan fingerprint density at radius 1 is 1.40 bits per heavy atom. The quantitative estimate of drug-likeness (QED) is 0.567. The summed E-state index contributed by atoms with van der Waals surface area (Å²) in [6, 6.07) is 0. The fourth-order valence-corrected chi connectivity index (χ4v) is 0.271. The molecule has 1 nitrogen and oxygen atoms in total. The molecule has 61 valence electrons. The number of hydrogen-bond acceptors (Lipinski definition) is 1. The summed E-state index contributed by atoms with van der Waals surface area (Å²) in [7, 11) is 0. The summed E-state index contributed by atoms with van der Waals surface area (Å²) in [4.78, 5) is 0. The molecule has 0 spiro atoms. The molecular weight excluding hydrogens is 152 g/mol. The average molecular weight is 159 g/mol. The summed E-state index contributed by atoms with van der Waals surface area (Å²) in [5.41, 5.74) is 0. The van der Waals surface area contributed by atoms with E-state index >= 15 is 0 Å². The van der Waals surface area contributed by atoms with Crippen LogP contribution in [0.2, 0.25) is 0 Å². The summed E-state index contributed by atoms with van der Waals surface area (Å²) in [5, 5.41) is 0. The smallest absolute Gasteiger partial charge is 0.330 e. The maximum absolute atomic E-state index is 11.8. The minimum atomic E-state index is -4.04. The van der Waals surface area contributed by atoms with Crippen molar-refractivity contribution in [2.45, 2.75) is 12.3 Å². The Balaban J connectivity index is 3.63. The Morgan fingerprint density at radius 3 is 2.20 bits per heavy atom. The Kier molecular flexibility index (Phi) is 3.63. The topological polar surface area (TPSA) is 9.23 Å². The van der Waals surface area contributed by atoms with E-state index in [4.69, 9.17) is 0 Å². The molecule has 0 N–H and O–H groups in total. The van der Waals surface area contributed by atoms with Gasteiger partial charge in [-0.1, -0.05) is 0 Å². The lowest BCUT2D eigenvalue weighted by molar-refractivity contribution is -0.163. The van der Waals surface area contributed by atoms with E-state index in [0.717, 1.165) is 0 Å². The third-order valence-electron chi connectivity index (χ3n) is 0.758. The van der Waals surface area contributed by atoms with Gasteiger partial charge in [0.15, 0.2) is 0 Å². The van der Waals surface area contributed by atoms with Crippen LogP contribution in [0, 0.1) is 6.92 Å². The molecule has 0 aromatic carbocycles. The fourth-order valence-electron chi connectivity index (χ4n) is 0.271. The van der Waals surface area contributed by atoms with Crippen LogP contribution < -0.4 is 0 Å². The number of alkyl halides is 4. The summed E-state index contributed by atoms with van der Waals surface area (Å²) < 4.78 is 50.3. The van der Waals surface area contributed by atoms with E-state index in [9.17, 15) is 17.6 Å². The molecule has 0 aromatic rings. The molecule has 0 aromatic heterocycles. The van der Waals surface area contributed by atoms with Gasteiger partial charge in [-0.05, 0) is 6.92 Å². The van der Waals surface area contributed by atoms with Gasteiger partial charge in [-0.15, -0.1) is 0 Å². The van der Waals surface area contributed by atoms with E-state index in [1.807, 2.05) is 0 Å². The number of rotatable bonds is 4. The van der Waals surface area contributed by atoms with E-state index in [0.29, 0.717) is 0 Å². The third-order valence-corrected chi connectivity index (χ3v) is 0.758. The van der Waals surface area contributed by atoms with Crippen molar-refractivity contribution in [2.75, 3.05) is 13.2 Å².